The van der Waals surface area contributed by atoms with Crippen molar-refractivity contribution in [3.8, 4) is 0 Å². The Morgan fingerprint density at radius 1 is 1.17 bits per heavy atom. The van der Waals surface area contributed by atoms with E-state index in [1.54, 1.807) is 18.2 Å². The molecule has 0 spiro atoms. The van der Waals surface area contributed by atoms with Gasteiger partial charge in [0.1, 0.15) is 4.88 Å². The number of carbonyl (C=O) groups excluding carboxylic acids is 2. The van der Waals surface area contributed by atoms with Crippen LogP contribution >= 0.6 is 22.9 Å². The van der Waals surface area contributed by atoms with E-state index in [1.165, 1.54) is 18.4 Å². The standard InChI is InChI=1S/C18H14ClNO3S/c1-10-9-11(18(22)23-2)7-8-13(10)20-17(21)16-15(19)12-5-3-4-6-14(12)24-16/h3-9H,1-2H3,(H,20,21). The Morgan fingerprint density at radius 2 is 1.92 bits per heavy atom. The molecule has 0 aliphatic carbocycles. The summed E-state index contributed by atoms with van der Waals surface area (Å²) in [5.41, 5.74) is 1.83. The molecule has 0 saturated heterocycles. The van der Waals surface area contributed by atoms with Gasteiger partial charge in [0.25, 0.3) is 5.91 Å². The highest BCUT2D eigenvalue weighted by Crippen LogP contribution is 2.35. The zero-order valence-electron chi connectivity index (χ0n) is 13.1. The molecule has 3 aromatic rings. The second-order valence-electron chi connectivity index (χ2n) is 5.22. The van der Waals surface area contributed by atoms with Crippen LogP contribution in [-0.2, 0) is 4.74 Å². The van der Waals surface area contributed by atoms with Crippen LogP contribution in [0.5, 0.6) is 0 Å². The lowest BCUT2D eigenvalue weighted by atomic mass is 10.1. The summed E-state index contributed by atoms with van der Waals surface area (Å²) in [6.45, 7) is 1.81. The van der Waals surface area contributed by atoms with Crippen LogP contribution in [0.15, 0.2) is 42.5 Å². The molecular weight excluding hydrogens is 346 g/mol. The van der Waals surface area contributed by atoms with Crippen molar-refractivity contribution in [2.45, 2.75) is 6.92 Å². The number of carbonyl (C=O) groups is 2. The molecular formula is C18H14ClNO3S. The van der Waals surface area contributed by atoms with Crippen molar-refractivity contribution in [3.05, 3.63) is 63.5 Å². The number of halogens is 1. The molecule has 0 saturated carbocycles. The lowest BCUT2D eigenvalue weighted by molar-refractivity contribution is 0.0600. The molecule has 24 heavy (non-hydrogen) atoms. The van der Waals surface area contributed by atoms with Gasteiger partial charge in [-0.3, -0.25) is 4.79 Å². The van der Waals surface area contributed by atoms with Gasteiger partial charge in [-0.1, -0.05) is 29.8 Å². The fourth-order valence-corrected chi connectivity index (χ4v) is 3.80. The van der Waals surface area contributed by atoms with E-state index in [4.69, 9.17) is 11.6 Å². The number of benzene rings is 2. The number of nitrogens with one attached hydrogen (secondary N) is 1. The van der Waals surface area contributed by atoms with E-state index in [9.17, 15) is 9.59 Å². The second kappa shape index (κ2) is 6.63. The highest BCUT2D eigenvalue weighted by molar-refractivity contribution is 7.21. The fraction of sp³-hybridized carbons (Fsp3) is 0.111. The van der Waals surface area contributed by atoms with Crippen molar-refractivity contribution in [2.75, 3.05) is 12.4 Å². The largest absolute Gasteiger partial charge is 0.465 e. The number of fused-ring (bicyclic) bond motifs is 1. The molecule has 0 aliphatic heterocycles. The van der Waals surface area contributed by atoms with Crippen molar-refractivity contribution < 1.29 is 14.3 Å². The number of methoxy groups -OCH3 is 1. The molecule has 0 atom stereocenters. The minimum absolute atomic E-state index is 0.268. The average molecular weight is 360 g/mol. The number of thiophene rings is 1. The first-order valence-electron chi connectivity index (χ1n) is 7.18. The van der Waals surface area contributed by atoms with Crippen LogP contribution in [0, 0.1) is 6.92 Å². The molecule has 3 rings (SSSR count). The van der Waals surface area contributed by atoms with Crippen molar-refractivity contribution in [3.63, 3.8) is 0 Å². The predicted molar refractivity (Wildman–Crippen MR) is 97.3 cm³/mol. The molecule has 4 nitrogen and oxygen atoms in total. The maximum absolute atomic E-state index is 12.6. The maximum atomic E-state index is 12.6. The number of hydrogen-bond donors (Lipinski definition) is 1. The third-order valence-corrected chi connectivity index (χ3v) is 5.31. The summed E-state index contributed by atoms with van der Waals surface area (Å²) in [5, 5.41) is 4.17. The first kappa shape index (κ1) is 16.5. The van der Waals surface area contributed by atoms with E-state index in [0.717, 1.165) is 15.6 Å². The van der Waals surface area contributed by atoms with Gasteiger partial charge in [-0.25, -0.2) is 4.79 Å². The molecule has 1 N–H and O–H groups in total. The van der Waals surface area contributed by atoms with E-state index in [1.807, 2.05) is 31.2 Å². The van der Waals surface area contributed by atoms with Crippen LogP contribution in [0.3, 0.4) is 0 Å². The van der Waals surface area contributed by atoms with Crippen molar-refractivity contribution in [1.82, 2.24) is 0 Å². The van der Waals surface area contributed by atoms with Gasteiger partial charge in [0.15, 0.2) is 0 Å². The third-order valence-electron chi connectivity index (χ3n) is 3.64. The summed E-state index contributed by atoms with van der Waals surface area (Å²) in [7, 11) is 1.33. The van der Waals surface area contributed by atoms with Gasteiger partial charge in [-0.15, -0.1) is 11.3 Å². The van der Waals surface area contributed by atoms with Gasteiger partial charge in [0.05, 0.1) is 17.7 Å². The molecule has 6 heteroatoms. The Morgan fingerprint density at radius 3 is 2.58 bits per heavy atom. The molecule has 0 radical (unpaired) electrons. The first-order chi connectivity index (χ1) is 11.5. The minimum atomic E-state index is -0.413. The molecule has 0 fully saturated rings. The van der Waals surface area contributed by atoms with E-state index in [0.29, 0.717) is 21.2 Å². The zero-order chi connectivity index (χ0) is 17.3. The lowest BCUT2D eigenvalue weighted by Crippen LogP contribution is -2.12. The molecule has 2 aromatic carbocycles. The van der Waals surface area contributed by atoms with Gasteiger partial charge >= 0.3 is 5.97 Å². The Labute approximate surface area is 148 Å². The van der Waals surface area contributed by atoms with E-state index in [-0.39, 0.29) is 5.91 Å². The van der Waals surface area contributed by atoms with E-state index >= 15 is 0 Å². The quantitative estimate of drug-likeness (QED) is 0.676. The minimum Gasteiger partial charge on any atom is -0.465 e. The van der Waals surface area contributed by atoms with Crippen LogP contribution in [0.1, 0.15) is 25.6 Å². The van der Waals surface area contributed by atoms with Gasteiger partial charge < -0.3 is 10.1 Å². The number of aryl methyl sites for hydroxylation is 1. The van der Waals surface area contributed by atoms with Crippen molar-refractivity contribution in [2.24, 2.45) is 0 Å². The fourth-order valence-electron chi connectivity index (χ4n) is 2.39. The van der Waals surface area contributed by atoms with E-state index in [2.05, 4.69) is 10.1 Å². The van der Waals surface area contributed by atoms with Crippen LogP contribution in [0.2, 0.25) is 5.02 Å². The highest BCUT2D eigenvalue weighted by Gasteiger charge is 2.18. The number of esters is 1. The van der Waals surface area contributed by atoms with Gasteiger partial charge in [0, 0.05) is 15.8 Å². The summed E-state index contributed by atoms with van der Waals surface area (Å²) in [6.07, 6.45) is 0. The van der Waals surface area contributed by atoms with Crippen LogP contribution in [-0.4, -0.2) is 19.0 Å². The van der Waals surface area contributed by atoms with Crippen LogP contribution in [0.25, 0.3) is 10.1 Å². The molecule has 1 amide bonds. The maximum Gasteiger partial charge on any atom is 0.337 e. The zero-order valence-corrected chi connectivity index (χ0v) is 14.6. The predicted octanol–water partition coefficient (Wildman–Crippen LogP) is 4.90. The summed E-state index contributed by atoms with van der Waals surface area (Å²) in [6, 6.07) is 12.6. The Balaban J connectivity index is 1.89. The molecule has 0 bridgehead atoms. The van der Waals surface area contributed by atoms with Crippen molar-refractivity contribution >= 4 is 50.6 Å². The summed E-state index contributed by atoms with van der Waals surface area (Å²) >= 11 is 7.68. The van der Waals surface area contributed by atoms with Crippen LogP contribution < -0.4 is 5.32 Å². The average Bonchev–Trinajstić information content (AvgIpc) is 2.93. The lowest BCUT2D eigenvalue weighted by Gasteiger charge is -2.09. The number of rotatable bonds is 3. The third kappa shape index (κ3) is 3.00. The SMILES string of the molecule is COC(=O)c1ccc(NC(=O)c2sc3ccccc3c2Cl)c(C)c1. The van der Waals surface area contributed by atoms with Gasteiger partial charge in [-0.05, 0) is 36.8 Å². The van der Waals surface area contributed by atoms with Gasteiger partial charge in [-0.2, -0.15) is 0 Å². The molecule has 1 aromatic heterocycles. The Bertz CT molecular complexity index is 949. The second-order valence-corrected chi connectivity index (χ2v) is 6.65. The smallest absolute Gasteiger partial charge is 0.337 e. The van der Waals surface area contributed by atoms with Crippen LogP contribution in [0.4, 0.5) is 5.69 Å². The highest BCUT2D eigenvalue weighted by atomic mass is 35.5. The summed E-state index contributed by atoms with van der Waals surface area (Å²) in [5.74, 6) is -0.682. The Kier molecular flexibility index (Phi) is 4.55. The summed E-state index contributed by atoms with van der Waals surface area (Å²) < 4.78 is 5.65. The molecule has 122 valence electrons. The topological polar surface area (TPSA) is 55.4 Å². The molecule has 0 unspecified atom stereocenters. The van der Waals surface area contributed by atoms with Gasteiger partial charge in [0.2, 0.25) is 0 Å². The number of amides is 1. The number of ether oxygens (including phenoxy) is 1. The van der Waals surface area contributed by atoms with E-state index < -0.39 is 5.97 Å². The molecule has 0 aliphatic rings. The number of anilines is 1. The molecule has 1 heterocycles. The summed E-state index contributed by atoms with van der Waals surface area (Å²) in [4.78, 5) is 24.6. The van der Waals surface area contributed by atoms with Crippen molar-refractivity contribution in [1.29, 1.82) is 0 Å². The monoisotopic (exact) mass is 359 g/mol. The Hall–Kier alpha value is -2.37. The number of hydrogen-bond acceptors (Lipinski definition) is 4. The normalized spacial score (nSPS) is 10.6. The first-order valence-corrected chi connectivity index (χ1v) is 8.38.